The first kappa shape index (κ1) is 16.9. The topological polar surface area (TPSA) is 63.7 Å². The van der Waals surface area contributed by atoms with Gasteiger partial charge in [0.05, 0.1) is 6.61 Å². The van der Waals surface area contributed by atoms with E-state index in [0.717, 1.165) is 12.1 Å². The molecule has 0 aromatic heterocycles. The molecule has 1 aromatic carbocycles. The minimum atomic E-state index is -4.24. The lowest BCUT2D eigenvalue weighted by Gasteiger charge is -2.20. The van der Waals surface area contributed by atoms with Gasteiger partial charge in [-0.2, -0.15) is 0 Å². The van der Waals surface area contributed by atoms with E-state index in [-0.39, 0.29) is 5.56 Å². The van der Waals surface area contributed by atoms with Crippen LogP contribution in [0.2, 0.25) is 0 Å². The van der Waals surface area contributed by atoms with Crippen LogP contribution < -0.4 is 0 Å². The van der Waals surface area contributed by atoms with Gasteiger partial charge in [0, 0.05) is 36.4 Å². The summed E-state index contributed by atoms with van der Waals surface area (Å²) < 4.78 is 40.7. The Balaban J connectivity index is 3.11. The van der Waals surface area contributed by atoms with Gasteiger partial charge >= 0.3 is 0 Å². The highest BCUT2D eigenvalue weighted by atomic mass is 35.7. The highest BCUT2D eigenvalue weighted by molar-refractivity contribution is 8.13. The lowest BCUT2D eigenvalue weighted by molar-refractivity contribution is 0.0706. The zero-order valence-electron chi connectivity index (χ0n) is 11.1. The first-order valence-electron chi connectivity index (χ1n) is 5.83. The number of amides is 1. The van der Waals surface area contributed by atoms with Gasteiger partial charge in [-0.25, -0.2) is 12.8 Å². The lowest BCUT2D eigenvalue weighted by Crippen LogP contribution is -2.33. The summed E-state index contributed by atoms with van der Waals surface area (Å²) in [5, 5.41) is 0. The van der Waals surface area contributed by atoms with Gasteiger partial charge in [-0.15, -0.1) is 0 Å². The molecule has 0 bridgehead atoms. The van der Waals surface area contributed by atoms with E-state index < -0.39 is 25.7 Å². The van der Waals surface area contributed by atoms with E-state index in [0.29, 0.717) is 19.7 Å². The van der Waals surface area contributed by atoms with Crippen molar-refractivity contribution in [1.82, 2.24) is 4.90 Å². The van der Waals surface area contributed by atoms with Crippen molar-refractivity contribution in [2.24, 2.45) is 0 Å². The first-order valence-corrected chi connectivity index (χ1v) is 8.14. The molecule has 1 rings (SSSR count). The summed E-state index contributed by atoms with van der Waals surface area (Å²) in [4.78, 5) is 12.9. The number of methoxy groups -OCH3 is 1. The van der Waals surface area contributed by atoms with Gasteiger partial charge in [0.1, 0.15) is 10.7 Å². The second-order valence-corrected chi connectivity index (χ2v) is 6.50. The minimum Gasteiger partial charge on any atom is -0.383 e. The number of ether oxygens (including phenoxy) is 1. The molecule has 20 heavy (non-hydrogen) atoms. The van der Waals surface area contributed by atoms with Crippen molar-refractivity contribution >= 4 is 25.6 Å². The number of hydrogen-bond acceptors (Lipinski definition) is 4. The summed E-state index contributed by atoms with van der Waals surface area (Å²) in [7, 11) is 2.40. The third-order valence-electron chi connectivity index (χ3n) is 2.68. The Bertz CT molecular complexity index is 591. The Morgan fingerprint density at radius 2 is 2.10 bits per heavy atom. The zero-order chi connectivity index (χ0) is 15.3. The zero-order valence-corrected chi connectivity index (χ0v) is 12.7. The van der Waals surface area contributed by atoms with Crippen LogP contribution in [0.1, 0.15) is 17.3 Å². The third-order valence-corrected chi connectivity index (χ3v) is 4.01. The van der Waals surface area contributed by atoms with Crippen LogP contribution >= 0.6 is 10.7 Å². The molecule has 0 aliphatic carbocycles. The molecular formula is C12H15ClFNO4S. The van der Waals surface area contributed by atoms with Gasteiger partial charge in [0.15, 0.2) is 0 Å². The molecule has 1 amide bonds. The normalized spacial score (nSPS) is 11.4. The van der Waals surface area contributed by atoms with Gasteiger partial charge in [-0.05, 0) is 25.1 Å². The van der Waals surface area contributed by atoms with Crippen molar-refractivity contribution in [3.8, 4) is 0 Å². The molecule has 0 fully saturated rings. The molecule has 8 heteroatoms. The predicted molar refractivity (Wildman–Crippen MR) is 72.9 cm³/mol. The number of nitrogens with zero attached hydrogens (tertiary/aromatic N) is 1. The second kappa shape index (κ2) is 7.01. The largest absolute Gasteiger partial charge is 0.383 e. The standard InChI is InChI=1S/C12H15ClFNO4S/c1-3-15(6-7-19-2)12(16)9-4-5-10(14)11(8-9)20(13,17)18/h4-5,8H,3,6-7H2,1-2H3. The molecule has 0 atom stereocenters. The van der Waals surface area contributed by atoms with Crippen molar-refractivity contribution in [2.75, 3.05) is 26.8 Å². The quantitative estimate of drug-likeness (QED) is 0.750. The van der Waals surface area contributed by atoms with Crippen molar-refractivity contribution in [3.05, 3.63) is 29.6 Å². The molecule has 0 saturated carbocycles. The maximum Gasteiger partial charge on any atom is 0.264 e. The van der Waals surface area contributed by atoms with Crippen molar-refractivity contribution in [2.45, 2.75) is 11.8 Å². The monoisotopic (exact) mass is 323 g/mol. The number of benzene rings is 1. The van der Waals surface area contributed by atoms with E-state index in [9.17, 15) is 17.6 Å². The summed E-state index contributed by atoms with van der Waals surface area (Å²) in [6, 6.07) is 3.07. The number of hydrogen-bond donors (Lipinski definition) is 0. The molecule has 0 spiro atoms. The van der Waals surface area contributed by atoms with Gasteiger partial charge in [-0.1, -0.05) is 0 Å². The molecule has 0 saturated heterocycles. The summed E-state index contributed by atoms with van der Waals surface area (Å²) in [6.45, 7) is 2.90. The van der Waals surface area contributed by atoms with E-state index in [4.69, 9.17) is 15.4 Å². The first-order chi connectivity index (χ1) is 9.31. The fourth-order valence-corrected chi connectivity index (χ4v) is 2.53. The predicted octanol–water partition coefficient (Wildman–Crippen LogP) is 1.86. The molecule has 5 nitrogen and oxygen atoms in total. The summed E-state index contributed by atoms with van der Waals surface area (Å²) in [5.74, 6) is -1.40. The number of likely N-dealkylation sites (N-methyl/N-ethyl adjacent to an activating group) is 1. The molecule has 0 aliphatic heterocycles. The van der Waals surface area contributed by atoms with Crippen molar-refractivity contribution in [1.29, 1.82) is 0 Å². The Labute approximate surface area is 121 Å². The van der Waals surface area contributed by atoms with Crippen molar-refractivity contribution in [3.63, 3.8) is 0 Å². The van der Waals surface area contributed by atoms with Gasteiger partial charge in [-0.3, -0.25) is 4.79 Å². The Morgan fingerprint density at radius 1 is 1.45 bits per heavy atom. The van der Waals surface area contributed by atoms with Crippen LogP contribution in [0, 0.1) is 5.82 Å². The average molecular weight is 324 g/mol. The number of carbonyl (C=O) groups excluding carboxylic acids is 1. The number of carbonyl (C=O) groups is 1. The van der Waals surface area contributed by atoms with Crippen LogP contribution in [0.5, 0.6) is 0 Å². The number of halogens is 2. The van der Waals surface area contributed by atoms with E-state index in [1.807, 2.05) is 0 Å². The fraction of sp³-hybridized carbons (Fsp3) is 0.417. The van der Waals surface area contributed by atoms with Crippen LogP contribution in [-0.4, -0.2) is 46.0 Å². The molecule has 0 unspecified atom stereocenters. The van der Waals surface area contributed by atoms with Gasteiger partial charge in [0.2, 0.25) is 0 Å². The highest BCUT2D eigenvalue weighted by Gasteiger charge is 2.21. The van der Waals surface area contributed by atoms with Crippen LogP contribution in [0.4, 0.5) is 4.39 Å². The maximum absolute atomic E-state index is 13.4. The van der Waals surface area contributed by atoms with Gasteiger partial charge in [0.25, 0.3) is 15.0 Å². The molecule has 1 aromatic rings. The molecule has 112 valence electrons. The molecular weight excluding hydrogens is 309 g/mol. The van der Waals surface area contributed by atoms with Crippen LogP contribution in [0.3, 0.4) is 0 Å². The molecule has 0 aliphatic rings. The lowest BCUT2D eigenvalue weighted by atomic mass is 10.2. The Morgan fingerprint density at radius 3 is 2.60 bits per heavy atom. The maximum atomic E-state index is 13.4. The SMILES string of the molecule is CCN(CCOC)C(=O)c1ccc(F)c(S(=O)(=O)Cl)c1. The average Bonchev–Trinajstić information content (AvgIpc) is 2.38. The summed E-state index contributed by atoms with van der Waals surface area (Å²) >= 11 is 0. The van der Waals surface area contributed by atoms with E-state index >= 15 is 0 Å². The molecule has 0 radical (unpaired) electrons. The van der Waals surface area contributed by atoms with Crippen LogP contribution in [0.25, 0.3) is 0 Å². The second-order valence-electron chi connectivity index (χ2n) is 3.96. The minimum absolute atomic E-state index is 0.0589. The fourth-order valence-electron chi connectivity index (χ4n) is 1.61. The van der Waals surface area contributed by atoms with E-state index in [2.05, 4.69) is 0 Å². The third kappa shape index (κ3) is 4.16. The Hall–Kier alpha value is -1.18. The van der Waals surface area contributed by atoms with Crippen LogP contribution in [0.15, 0.2) is 23.1 Å². The summed E-state index contributed by atoms with van der Waals surface area (Å²) in [6.07, 6.45) is 0. The Kier molecular flexibility index (Phi) is 5.91. The molecule has 0 heterocycles. The smallest absolute Gasteiger partial charge is 0.264 e. The number of rotatable bonds is 6. The van der Waals surface area contributed by atoms with E-state index in [1.54, 1.807) is 6.92 Å². The molecule has 0 N–H and O–H groups in total. The highest BCUT2D eigenvalue weighted by Crippen LogP contribution is 2.21. The van der Waals surface area contributed by atoms with E-state index in [1.165, 1.54) is 18.1 Å². The van der Waals surface area contributed by atoms with Gasteiger partial charge < -0.3 is 9.64 Å². The van der Waals surface area contributed by atoms with Crippen LogP contribution in [-0.2, 0) is 13.8 Å². The summed E-state index contributed by atoms with van der Waals surface area (Å²) in [5.41, 5.74) is 0.0589. The van der Waals surface area contributed by atoms with Crippen molar-refractivity contribution < 1.29 is 22.3 Å².